The van der Waals surface area contributed by atoms with Crippen LogP contribution < -0.4 is 4.57 Å². The second-order valence-corrected chi connectivity index (χ2v) is 8.06. The maximum Gasteiger partial charge on any atom is 0.239 e. The molecule has 32 heavy (non-hydrogen) atoms. The molecule has 0 bridgehead atoms. The Morgan fingerprint density at radius 3 is 1.91 bits per heavy atom. The summed E-state index contributed by atoms with van der Waals surface area (Å²) in [6, 6.07) is 38.1. The summed E-state index contributed by atoms with van der Waals surface area (Å²) in [4.78, 5) is 5.21. The monoisotopic (exact) mass is 413 g/mol. The quantitative estimate of drug-likeness (QED) is 0.293. The smallest absolute Gasteiger partial charge is 0.234 e. The topological polar surface area (TPSA) is 16.8 Å². The summed E-state index contributed by atoms with van der Waals surface area (Å²) in [5.41, 5.74) is 10.1. The Morgan fingerprint density at radius 2 is 1.19 bits per heavy atom. The van der Waals surface area contributed by atoms with Gasteiger partial charge in [0.1, 0.15) is 18.4 Å². The van der Waals surface area contributed by atoms with E-state index < -0.39 is 0 Å². The first-order valence-corrected chi connectivity index (χ1v) is 10.9. The summed E-state index contributed by atoms with van der Waals surface area (Å²) in [5.74, 6) is 0. The predicted molar refractivity (Wildman–Crippen MR) is 132 cm³/mol. The lowest BCUT2D eigenvalue weighted by Crippen LogP contribution is -2.32. The van der Waals surface area contributed by atoms with E-state index in [1.54, 1.807) is 0 Å². The van der Waals surface area contributed by atoms with Crippen molar-refractivity contribution in [3.63, 3.8) is 0 Å². The van der Waals surface area contributed by atoms with Crippen LogP contribution in [0.4, 0.5) is 0 Å². The van der Waals surface area contributed by atoms with Gasteiger partial charge in [0.25, 0.3) is 0 Å². The highest BCUT2D eigenvalue weighted by Gasteiger charge is 2.23. The van der Waals surface area contributed by atoms with Crippen LogP contribution in [0.5, 0.6) is 0 Å². The van der Waals surface area contributed by atoms with Gasteiger partial charge in [-0.25, -0.2) is 4.98 Å². The van der Waals surface area contributed by atoms with E-state index in [9.17, 15) is 0 Å². The van der Waals surface area contributed by atoms with Gasteiger partial charge in [-0.1, -0.05) is 97.1 Å². The van der Waals surface area contributed by atoms with Gasteiger partial charge in [0.15, 0.2) is 6.20 Å². The largest absolute Gasteiger partial charge is 0.239 e. The van der Waals surface area contributed by atoms with Crippen LogP contribution in [-0.2, 0) is 7.05 Å². The molecule has 2 nitrogen and oxygen atoms in total. The first-order chi connectivity index (χ1) is 15.7. The van der Waals surface area contributed by atoms with E-state index in [4.69, 9.17) is 4.98 Å². The van der Waals surface area contributed by atoms with E-state index in [1.807, 2.05) is 12.1 Å². The summed E-state index contributed by atoms with van der Waals surface area (Å²) in [5, 5.41) is 0. The van der Waals surface area contributed by atoms with Crippen LogP contribution in [0.3, 0.4) is 0 Å². The van der Waals surface area contributed by atoms with Crippen LogP contribution in [-0.4, -0.2) is 4.98 Å². The van der Waals surface area contributed by atoms with Gasteiger partial charge in [-0.3, -0.25) is 0 Å². The third kappa shape index (κ3) is 3.83. The van der Waals surface area contributed by atoms with Gasteiger partial charge < -0.3 is 0 Å². The van der Waals surface area contributed by atoms with Gasteiger partial charge in [0, 0.05) is 11.1 Å². The Hall–Kier alpha value is -4.04. The van der Waals surface area contributed by atoms with Crippen molar-refractivity contribution in [2.24, 2.45) is 7.05 Å². The molecule has 0 unspecified atom stereocenters. The summed E-state index contributed by atoms with van der Waals surface area (Å²) < 4.78 is 2.21. The molecule has 0 atom stereocenters. The molecule has 0 spiro atoms. The molecule has 1 aromatic heterocycles. The molecule has 0 saturated heterocycles. The Bertz CT molecular complexity index is 1370. The van der Waals surface area contributed by atoms with Crippen LogP contribution in [0.2, 0.25) is 0 Å². The number of aromatic nitrogens is 2. The van der Waals surface area contributed by atoms with Crippen molar-refractivity contribution in [2.75, 3.05) is 0 Å². The van der Waals surface area contributed by atoms with Crippen molar-refractivity contribution >= 4 is 0 Å². The zero-order valence-electron chi connectivity index (χ0n) is 18.4. The van der Waals surface area contributed by atoms with E-state index in [1.165, 1.54) is 22.3 Å². The first kappa shape index (κ1) is 19.9. The van der Waals surface area contributed by atoms with Gasteiger partial charge >= 0.3 is 0 Å². The summed E-state index contributed by atoms with van der Waals surface area (Å²) >= 11 is 0. The van der Waals surface area contributed by atoms with Crippen LogP contribution >= 0.6 is 0 Å². The minimum Gasteiger partial charge on any atom is -0.234 e. The highest BCUT2D eigenvalue weighted by Crippen LogP contribution is 2.32. The minimum absolute atomic E-state index is 0.960. The Labute approximate surface area is 189 Å². The first-order valence-electron chi connectivity index (χ1n) is 10.9. The number of benzene rings is 4. The summed E-state index contributed by atoms with van der Waals surface area (Å²) in [6.07, 6.45) is 2.14. The van der Waals surface area contributed by atoms with E-state index in [0.29, 0.717) is 0 Å². The molecule has 154 valence electrons. The van der Waals surface area contributed by atoms with Gasteiger partial charge in [-0.15, -0.1) is 0 Å². The number of rotatable bonds is 4. The maximum atomic E-state index is 5.21. The number of hydrogen-bond donors (Lipinski definition) is 0. The van der Waals surface area contributed by atoms with Crippen LogP contribution in [0.15, 0.2) is 115 Å². The van der Waals surface area contributed by atoms with Crippen molar-refractivity contribution in [2.45, 2.75) is 6.92 Å². The highest BCUT2D eigenvalue weighted by molar-refractivity contribution is 5.79. The predicted octanol–water partition coefficient (Wildman–Crippen LogP) is 6.88. The third-order valence-corrected chi connectivity index (χ3v) is 5.84. The normalized spacial score (nSPS) is 10.8. The van der Waals surface area contributed by atoms with Crippen molar-refractivity contribution in [3.05, 3.63) is 121 Å². The zero-order valence-corrected chi connectivity index (χ0v) is 18.4. The molecule has 1 heterocycles. The highest BCUT2D eigenvalue weighted by atomic mass is 15.0. The second-order valence-electron chi connectivity index (χ2n) is 8.06. The van der Waals surface area contributed by atoms with Crippen molar-refractivity contribution in [3.8, 4) is 44.9 Å². The molecule has 0 fully saturated rings. The van der Waals surface area contributed by atoms with Crippen molar-refractivity contribution < 1.29 is 4.57 Å². The second kappa shape index (κ2) is 8.60. The van der Waals surface area contributed by atoms with Gasteiger partial charge in [-0.2, -0.15) is 4.57 Å². The number of hydrogen-bond acceptors (Lipinski definition) is 1. The van der Waals surface area contributed by atoms with Crippen LogP contribution in [0.25, 0.3) is 44.9 Å². The molecule has 0 saturated carbocycles. The lowest BCUT2D eigenvalue weighted by Gasteiger charge is -2.12. The molecule has 5 rings (SSSR count). The minimum atomic E-state index is 0.960. The molecule has 2 heteroatoms. The lowest BCUT2D eigenvalue weighted by atomic mass is 9.98. The average Bonchev–Trinajstić information content (AvgIpc) is 2.85. The third-order valence-electron chi connectivity index (χ3n) is 5.84. The van der Waals surface area contributed by atoms with Gasteiger partial charge in [0.05, 0.1) is 5.56 Å². The molecular weight excluding hydrogens is 388 g/mol. The van der Waals surface area contributed by atoms with Crippen LogP contribution in [0.1, 0.15) is 5.56 Å². The molecule has 0 N–H and O–H groups in total. The molecule has 5 aromatic rings. The fourth-order valence-corrected chi connectivity index (χ4v) is 4.20. The average molecular weight is 414 g/mol. The SMILES string of the molecule is Cc1ccccc1-c1c(-c2ccccc2)nc(-c2cccc(-c3ccccc3)c2)c[n+]1C. The van der Waals surface area contributed by atoms with E-state index >= 15 is 0 Å². The molecule has 0 aliphatic carbocycles. The zero-order chi connectivity index (χ0) is 21.9. The Kier molecular flexibility index (Phi) is 5.35. The Balaban J connectivity index is 1.71. The van der Waals surface area contributed by atoms with E-state index in [2.05, 4.69) is 122 Å². The lowest BCUT2D eigenvalue weighted by molar-refractivity contribution is -0.659. The number of aryl methyl sites for hydroxylation is 2. The standard InChI is InChI=1S/C30H25N2/c1-22-12-9-10-19-27(22)30-29(24-15-7-4-8-16-24)31-28(21-32(30)2)26-18-11-17-25(20-26)23-13-5-3-6-14-23/h3-21H,1-2H3/q+1. The van der Waals surface area contributed by atoms with E-state index in [0.717, 1.165) is 28.2 Å². The number of nitrogens with zero attached hydrogens (tertiary/aromatic N) is 2. The molecule has 0 radical (unpaired) electrons. The fourth-order valence-electron chi connectivity index (χ4n) is 4.20. The van der Waals surface area contributed by atoms with Crippen molar-refractivity contribution in [1.29, 1.82) is 0 Å². The molecule has 0 aliphatic rings. The molecule has 4 aromatic carbocycles. The van der Waals surface area contributed by atoms with Gasteiger partial charge in [0.2, 0.25) is 5.69 Å². The Morgan fingerprint density at radius 1 is 0.594 bits per heavy atom. The maximum absolute atomic E-state index is 5.21. The fraction of sp³-hybridized carbons (Fsp3) is 0.0667. The van der Waals surface area contributed by atoms with Crippen LogP contribution in [0, 0.1) is 6.92 Å². The molecule has 0 aliphatic heterocycles. The van der Waals surface area contributed by atoms with E-state index in [-0.39, 0.29) is 0 Å². The summed E-state index contributed by atoms with van der Waals surface area (Å²) in [6.45, 7) is 2.15. The molecule has 0 amide bonds. The van der Waals surface area contributed by atoms with Gasteiger partial charge in [-0.05, 0) is 35.7 Å². The van der Waals surface area contributed by atoms with Crippen molar-refractivity contribution in [1.82, 2.24) is 4.98 Å². The molecular formula is C30H25N2+. The summed E-state index contributed by atoms with van der Waals surface area (Å²) in [7, 11) is 2.11.